The fourth-order valence-electron chi connectivity index (χ4n) is 3.12. The van der Waals surface area contributed by atoms with Gasteiger partial charge in [-0.3, -0.25) is 0 Å². The Kier molecular flexibility index (Phi) is 4.91. The van der Waals surface area contributed by atoms with E-state index in [2.05, 4.69) is 31.8 Å². The van der Waals surface area contributed by atoms with Gasteiger partial charge in [-0.05, 0) is 23.8 Å². The molecule has 1 aliphatic carbocycles. The van der Waals surface area contributed by atoms with Crippen molar-refractivity contribution in [2.45, 2.75) is 38.1 Å². The minimum absolute atomic E-state index is 0.0496. The van der Waals surface area contributed by atoms with Crippen LogP contribution >= 0.6 is 11.6 Å². The van der Waals surface area contributed by atoms with Crippen molar-refractivity contribution in [3.8, 4) is 6.07 Å². The first-order valence-corrected chi connectivity index (χ1v) is 7.80. The van der Waals surface area contributed by atoms with Gasteiger partial charge in [0.1, 0.15) is 5.83 Å². The molecule has 0 amide bonds. The highest BCUT2D eigenvalue weighted by Gasteiger charge is 2.41. The van der Waals surface area contributed by atoms with Crippen LogP contribution < -0.4 is 5.32 Å². The van der Waals surface area contributed by atoms with Crippen LogP contribution in [0.1, 0.15) is 26.7 Å². The summed E-state index contributed by atoms with van der Waals surface area (Å²) in [6.07, 6.45) is 6.93. The highest BCUT2D eigenvalue weighted by Crippen LogP contribution is 2.39. The van der Waals surface area contributed by atoms with Crippen molar-refractivity contribution in [1.29, 1.82) is 5.26 Å². The Bertz CT molecular complexity index is 515. The molecule has 1 heterocycles. The topological polar surface area (TPSA) is 35.8 Å². The summed E-state index contributed by atoms with van der Waals surface area (Å²) in [7, 11) is 0. The number of allylic oxidation sites excluding steroid dienone is 4. The second-order valence-corrected chi connectivity index (χ2v) is 7.11. The summed E-state index contributed by atoms with van der Waals surface area (Å²) in [5.74, 6) is -0.634. The lowest BCUT2D eigenvalue weighted by atomic mass is 9.77. The molecule has 2 aliphatic rings. The molecule has 0 aromatic heterocycles. The van der Waals surface area contributed by atoms with Crippen LogP contribution in [0.5, 0.6) is 0 Å². The number of nitrogens with one attached hydrogen (secondary N) is 1. The lowest BCUT2D eigenvalue weighted by molar-refractivity contribution is 0.337. The summed E-state index contributed by atoms with van der Waals surface area (Å²) in [5, 5.41) is 12.3. The van der Waals surface area contributed by atoms with Gasteiger partial charge in [0.2, 0.25) is 0 Å². The summed E-state index contributed by atoms with van der Waals surface area (Å²) < 4.78 is 14.3. The lowest BCUT2D eigenvalue weighted by Gasteiger charge is -2.27. The zero-order chi connectivity index (χ0) is 15.6. The minimum Gasteiger partial charge on any atom is -0.312 e. The fourth-order valence-corrected chi connectivity index (χ4v) is 3.35. The number of nitriles is 1. The zero-order valence-electron chi connectivity index (χ0n) is 12.6. The Labute approximate surface area is 131 Å². The van der Waals surface area contributed by atoms with Gasteiger partial charge in [0.25, 0.3) is 0 Å². The molecule has 1 aliphatic heterocycles. The molecule has 21 heavy (non-hydrogen) atoms. The molecule has 1 fully saturated rings. The second kappa shape index (κ2) is 6.34. The molecular formula is C17H22ClFN2. The van der Waals surface area contributed by atoms with Crippen LogP contribution in [0, 0.1) is 28.6 Å². The number of alkyl halides is 1. The number of hydrogen-bond acceptors (Lipinski definition) is 2. The van der Waals surface area contributed by atoms with E-state index in [-0.39, 0.29) is 29.1 Å². The van der Waals surface area contributed by atoms with Crippen LogP contribution in [0.4, 0.5) is 4.39 Å². The first-order valence-electron chi connectivity index (χ1n) is 7.36. The van der Waals surface area contributed by atoms with Crippen molar-refractivity contribution in [3.63, 3.8) is 0 Å². The normalized spacial score (nSPS) is 33.1. The van der Waals surface area contributed by atoms with E-state index < -0.39 is 5.38 Å². The molecule has 2 rings (SSSR count). The highest BCUT2D eigenvalue weighted by molar-refractivity contribution is 6.22. The predicted molar refractivity (Wildman–Crippen MR) is 84.5 cm³/mol. The van der Waals surface area contributed by atoms with E-state index in [0.717, 1.165) is 6.42 Å². The van der Waals surface area contributed by atoms with E-state index in [1.807, 2.05) is 12.2 Å². The molecule has 0 bridgehead atoms. The quantitative estimate of drug-likeness (QED) is 0.627. The third kappa shape index (κ3) is 3.39. The standard InChI is InChI=1S/C17H22ClFN2/c1-4-17(2,3)8-15-12(9-20)13(10-21-15)11-6-5-7-14(18)16(11)19/h4-6,12-15,21H,1,7-8,10H2,2-3H3. The Balaban J connectivity index is 2.21. The van der Waals surface area contributed by atoms with Crippen LogP contribution in [0.25, 0.3) is 0 Å². The minimum atomic E-state index is -0.590. The van der Waals surface area contributed by atoms with Crippen LogP contribution in [0.2, 0.25) is 0 Å². The van der Waals surface area contributed by atoms with E-state index in [9.17, 15) is 9.65 Å². The Morgan fingerprint density at radius 3 is 2.95 bits per heavy atom. The molecule has 114 valence electrons. The van der Waals surface area contributed by atoms with Crippen molar-refractivity contribution < 1.29 is 4.39 Å². The first kappa shape index (κ1) is 16.3. The molecule has 4 atom stereocenters. The maximum absolute atomic E-state index is 14.3. The van der Waals surface area contributed by atoms with Gasteiger partial charge in [-0.2, -0.15) is 5.26 Å². The highest BCUT2D eigenvalue weighted by atomic mass is 35.5. The molecule has 0 spiro atoms. The monoisotopic (exact) mass is 308 g/mol. The van der Waals surface area contributed by atoms with Crippen LogP contribution in [0.15, 0.2) is 36.2 Å². The van der Waals surface area contributed by atoms with Crippen LogP contribution in [-0.4, -0.2) is 18.0 Å². The summed E-state index contributed by atoms with van der Waals surface area (Å²) in [4.78, 5) is 0. The predicted octanol–water partition coefficient (Wildman–Crippen LogP) is 4.11. The molecule has 0 aromatic carbocycles. The second-order valence-electron chi connectivity index (χ2n) is 6.58. The molecule has 0 aromatic rings. The van der Waals surface area contributed by atoms with E-state index in [4.69, 9.17) is 11.6 Å². The molecule has 4 heteroatoms. The van der Waals surface area contributed by atoms with Crippen molar-refractivity contribution in [2.24, 2.45) is 17.3 Å². The van der Waals surface area contributed by atoms with Gasteiger partial charge in [-0.1, -0.05) is 32.1 Å². The molecule has 2 nitrogen and oxygen atoms in total. The summed E-state index contributed by atoms with van der Waals surface area (Å²) in [5.41, 5.74) is 0.547. The zero-order valence-corrected chi connectivity index (χ0v) is 13.3. The number of nitrogens with zero attached hydrogens (tertiary/aromatic N) is 1. The Hall–Kier alpha value is -1.11. The van der Waals surface area contributed by atoms with E-state index >= 15 is 0 Å². The number of halogens is 2. The summed E-state index contributed by atoms with van der Waals surface area (Å²) in [6, 6.07) is 2.42. The van der Waals surface area contributed by atoms with E-state index in [1.165, 1.54) is 0 Å². The molecule has 0 radical (unpaired) electrons. The third-order valence-electron chi connectivity index (χ3n) is 4.51. The molecule has 1 saturated heterocycles. The summed E-state index contributed by atoms with van der Waals surface area (Å²) >= 11 is 6.00. The van der Waals surface area contributed by atoms with E-state index in [1.54, 1.807) is 6.08 Å². The number of rotatable bonds is 4. The van der Waals surface area contributed by atoms with Crippen molar-refractivity contribution in [1.82, 2.24) is 5.32 Å². The van der Waals surface area contributed by atoms with Gasteiger partial charge >= 0.3 is 0 Å². The number of hydrogen-bond donors (Lipinski definition) is 1. The van der Waals surface area contributed by atoms with Gasteiger partial charge in [-0.15, -0.1) is 18.2 Å². The summed E-state index contributed by atoms with van der Waals surface area (Å²) in [6.45, 7) is 8.66. The largest absolute Gasteiger partial charge is 0.312 e. The average Bonchev–Trinajstić information content (AvgIpc) is 2.83. The van der Waals surface area contributed by atoms with Gasteiger partial charge in [-0.25, -0.2) is 4.39 Å². The first-order chi connectivity index (χ1) is 9.89. The van der Waals surface area contributed by atoms with Gasteiger partial charge in [0.05, 0.1) is 17.4 Å². The maximum atomic E-state index is 14.3. The molecular weight excluding hydrogens is 287 g/mol. The lowest BCUT2D eigenvalue weighted by Crippen LogP contribution is -2.31. The van der Waals surface area contributed by atoms with Gasteiger partial charge in [0.15, 0.2) is 0 Å². The average molecular weight is 309 g/mol. The smallest absolute Gasteiger partial charge is 0.122 e. The molecule has 1 N–H and O–H groups in total. The van der Waals surface area contributed by atoms with Gasteiger partial charge < -0.3 is 5.32 Å². The fraction of sp³-hybridized carbons (Fsp3) is 0.588. The molecule has 0 saturated carbocycles. The van der Waals surface area contributed by atoms with E-state index in [0.29, 0.717) is 18.5 Å². The molecule has 4 unspecified atom stereocenters. The van der Waals surface area contributed by atoms with Crippen LogP contribution in [-0.2, 0) is 0 Å². The Morgan fingerprint density at radius 2 is 2.33 bits per heavy atom. The van der Waals surface area contributed by atoms with Crippen molar-refractivity contribution >= 4 is 11.6 Å². The SMILES string of the molecule is C=CC(C)(C)CC1NCC(C2=C(F)C(Cl)CC=C2)C1C#N. The Morgan fingerprint density at radius 1 is 1.62 bits per heavy atom. The van der Waals surface area contributed by atoms with Crippen molar-refractivity contribution in [2.75, 3.05) is 6.54 Å². The third-order valence-corrected chi connectivity index (χ3v) is 4.88. The van der Waals surface area contributed by atoms with Gasteiger partial charge in [0, 0.05) is 18.5 Å². The maximum Gasteiger partial charge on any atom is 0.122 e. The van der Waals surface area contributed by atoms with Crippen LogP contribution in [0.3, 0.4) is 0 Å². The van der Waals surface area contributed by atoms with Crippen molar-refractivity contribution in [3.05, 3.63) is 36.2 Å².